The van der Waals surface area contributed by atoms with Gasteiger partial charge in [0, 0.05) is 17.6 Å². The van der Waals surface area contributed by atoms with E-state index in [0.717, 1.165) is 47.8 Å². The van der Waals surface area contributed by atoms with Gasteiger partial charge in [0.05, 0.1) is 11.6 Å². The Morgan fingerprint density at radius 3 is 2.84 bits per heavy atom. The Hall–Kier alpha value is -2.11. The summed E-state index contributed by atoms with van der Waals surface area (Å²) in [5.74, 6) is 0.299. The van der Waals surface area contributed by atoms with Crippen LogP contribution in [0.15, 0.2) is 29.8 Å². The SMILES string of the molecule is C/C=C(/C=O)C1CC2c3c(c4cc(O)ccc4n3C(O)C1)CCN2C. The summed E-state index contributed by atoms with van der Waals surface area (Å²) in [7, 11) is 2.11. The molecule has 0 fully saturated rings. The first-order valence-electron chi connectivity index (χ1n) is 8.90. The molecule has 0 saturated carbocycles. The predicted molar refractivity (Wildman–Crippen MR) is 96.5 cm³/mol. The molecule has 3 unspecified atom stereocenters. The summed E-state index contributed by atoms with van der Waals surface area (Å²) in [6.45, 7) is 2.82. The van der Waals surface area contributed by atoms with E-state index in [1.165, 1.54) is 5.56 Å². The molecule has 2 aromatic rings. The van der Waals surface area contributed by atoms with Gasteiger partial charge in [-0.05, 0) is 68.5 Å². The fourth-order valence-corrected chi connectivity index (χ4v) is 4.68. The largest absolute Gasteiger partial charge is 0.508 e. The van der Waals surface area contributed by atoms with Crippen molar-refractivity contribution in [1.29, 1.82) is 0 Å². The number of aldehydes is 1. The van der Waals surface area contributed by atoms with Crippen molar-refractivity contribution < 1.29 is 15.0 Å². The molecular weight excluding hydrogens is 316 g/mol. The summed E-state index contributed by atoms with van der Waals surface area (Å²) in [6.07, 6.45) is 4.37. The zero-order valence-electron chi connectivity index (χ0n) is 14.6. The molecule has 0 bridgehead atoms. The van der Waals surface area contributed by atoms with Gasteiger partial charge in [0.25, 0.3) is 0 Å². The minimum atomic E-state index is -0.674. The van der Waals surface area contributed by atoms with Crippen molar-refractivity contribution in [3.05, 3.63) is 41.1 Å². The number of likely N-dealkylation sites (N-methyl/N-ethyl adjacent to an activating group) is 1. The number of hydrogen-bond acceptors (Lipinski definition) is 4. The van der Waals surface area contributed by atoms with E-state index in [0.29, 0.717) is 6.42 Å². The number of allylic oxidation sites excluding steroid dienone is 2. The highest BCUT2D eigenvalue weighted by atomic mass is 16.3. The lowest BCUT2D eigenvalue weighted by Gasteiger charge is -2.34. The number of carbonyl (C=O) groups excluding carboxylic acids is 1. The van der Waals surface area contributed by atoms with Crippen LogP contribution in [0.1, 0.15) is 43.3 Å². The number of phenols is 1. The van der Waals surface area contributed by atoms with Crippen molar-refractivity contribution in [1.82, 2.24) is 9.47 Å². The van der Waals surface area contributed by atoms with Crippen LogP contribution in [0.25, 0.3) is 10.9 Å². The summed E-state index contributed by atoms with van der Waals surface area (Å²) in [5.41, 5.74) is 4.10. The Kier molecular flexibility index (Phi) is 3.93. The number of hydrogen-bond donors (Lipinski definition) is 2. The number of aromatic nitrogens is 1. The third-order valence-electron chi connectivity index (χ3n) is 5.94. The van der Waals surface area contributed by atoms with Crippen LogP contribution in [0.2, 0.25) is 0 Å². The van der Waals surface area contributed by atoms with Crippen LogP contribution in [0, 0.1) is 5.92 Å². The molecule has 132 valence electrons. The number of rotatable bonds is 2. The van der Waals surface area contributed by atoms with Gasteiger partial charge in [0.1, 0.15) is 18.3 Å². The lowest BCUT2D eigenvalue weighted by atomic mass is 9.86. The first-order valence-corrected chi connectivity index (χ1v) is 8.90. The maximum atomic E-state index is 11.5. The topological polar surface area (TPSA) is 65.7 Å². The Balaban J connectivity index is 1.94. The van der Waals surface area contributed by atoms with Gasteiger partial charge >= 0.3 is 0 Å². The molecule has 3 heterocycles. The molecule has 0 spiro atoms. The van der Waals surface area contributed by atoms with Crippen LogP contribution in [0.5, 0.6) is 5.75 Å². The smallest absolute Gasteiger partial charge is 0.145 e. The standard InChI is InChI=1S/C20H24N2O3/c1-3-12(11-23)13-8-18-20-15(6-7-21(18)2)16-10-14(24)4-5-17(16)22(20)19(25)9-13/h3-5,10-11,13,18-19,24-25H,6-9H2,1-2H3/b12-3-. The van der Waals surface area contributed by atoms with Gasteiger partial charge in [-0.2, -0.15) is 0 Å². The van der Waals surface area contributed by atoms with Crippen LogP contribution in [-0.2, 0) is 11.2 Å². The summed E-state index contributed by atoms with van der Waals surface area (Å²) in [4.78, 5) is 13.8. The zero-order valence-corrected chi connectivity index (χ0v) is 14.6. The Bertz CT molecular complexity index is 867. The maximum Gasteiger partial charge on any atom is 0.145 e. The van der Waals surface area contributed by atoms with Gasteiger partial charge in [0.15, 0.2) is 0 Å². The zero-order chi connectivity index (χ0) is 17.7. The van der Waals surface area contributed by atoms with Gasteiger partial charge in [-0.1, -0.05) is 6.08 Å². The number of benzene rings is 1. The fraction of sp³-hybridized carbons (Fsp3) is 0.450. The lowest BCUT2D eigenvalue weighted by molar-refractivity contribution is -0.105. The number of aliphatic hydroxyl groups excluding tert-OH is 1. The van der Waals surface area contributed by atoms with E-state index in [1.54, 1.807) is 6.07 Å². The summed E-state index contributed by atoms with van der Waals surface area (Å²) in [5, 5.41) is 21.9. The summed E-state index contributed by atoms with van der Waals surface area (Å²) < 4.78 is 2.03. The van der Waals surface area contributed by atoms with Crippen LogP contribution in [0.4, 0.5) is 0 Å². The molecule has 0 saturated heterocycles. The summed E-state index contributed by atoms with van der Waals surface area (Å²) >= 11 is 0. The second kappa shape index (κ2) is 6.00. The molecule has 1 aromatic heterocycles. The van der Waals surface area contributed by atoms with Crippen molar-refractivity contribution in [3.8, 4) is 5.75 Å². The van der Waals surface area contributed by atoms with Crippen LogP contribution < -0.4 is 0 Å². The molecule has 0 amide bonds. The average molecular weight is 340 g/mol. The van der Waals surface area contributed by atoms with Crippen molar-refractivity contribution in [2.24, 2.45) is 5.92 Å². The van der Waals surface area contributed by atoms with Gasteiger partial charge < -0.3 is 14.8 Å². The first kappa shape index (κ1) is 16.4. The Morgan fingerprint density at radius 1 is 1.32 bits per heavy atom. The summed E-state index contributed by atoms with van der Waals surface area (Å²) in [6, 6.07) is 5.53. The molecule has 5 nitrogen and oxygen atoms in total. The number of fused-ring (bicyclic) bond motifs is 3. The highest BCUT2D eigenvalue weighted by Crippen LogP contribution is 2.46. The molecule has 2 N–H and O–H groups in total. The minimum absolute atomic E-state index is 0.0444. The highest BCUT2D eigenvalue weighted by Gasteiger charge is 2.38. The monoisotopic (exact) mass is 340 g/mol. The fourth-order valence-electron chi connectivity index (χ4n) is 4.68. The van der Waals surface area contributed by atoms with Gasteiger partial charge in [-0.15, -0.1) is 0 Å². The molecule has 2 aliphatic rings. The van der Waals surface area contributed by atoms with E-state index in [9.17, 15) is 15.0 Å². The number of phenolic OH excluding ortho intramolecular Hbond substituents is 1. The molecule has 0 radical (unpaired) electrons. The third-order valence-corrected chi connectivity index (χ3v) is 5.94. The molecule has 3 atom stereocenters. The lowest BCUT2D eigenvalue weighted by Crippen LogP contribution is -2.33. The van der Waals surface area contributed by atoms with Crippen molar-refractivity contribution in [2.75, 3.05) is 13.6 Å². The molecule has 5 heteroatoms. The van der Waals surface area contributed by atoms with Crippen molar-refractivity contribution in [3.63, 3.8) is 0 Å². The number of nitrogens with zero attached hydrogens (tertiary/aromatic N) is 2. The first-order chi connectivity index (χ1) is 12.0. The van der Waals surface area contributed by atoms with Crippen LogP contribution in [0.3, 0.4) is 0 Å². The number of aromatic hydroxyl groups is 1. The Morgan fingerprint density at radius 2 is 2.12 bits per heavy atom. The predicted octanol–water partition coefficient (Wildman–Crippen LogP) is 2.92. The van der Waals surface area contributed by atoms with E-state index in [2.05, 4.69) is 11.9 Å². The van der Waals surface area contributed by atoms with Gasteiger partial charge in [-0.25, -0.2) is 0 Å². The third kappa shape index (κ3) is 2.41. The van der Waals surface area contributed by atoms with Crippen LogP contribution >= 0.6 is 0 Å². The van der Waals surface area contributed by atoms with Gasteiger partial charge in [-0.3, -0.25) is 9.69 Å². The molecule has 1 aromatic carbocycles. The molecule has 4 rings (SSSR count). The van der Waals surface area contributed by atoms with Crippen molar-refractivity contribution >= 4 is 17.2 Å². The maximum absolute atomic E-state index is 11.5. The minimum Gasteiger partial charge on any atom is -0.508 e. The molecule has 0 aliphatic carbocycles. The molecule has 2 aliphatic heterocycles. The second-order valence-corrected chi connectivity index (χ2v) is 7.24. The quantitative estimate of drug-likeness (QED) is 0.652. The second-order valence-electron chi connectivity index (χ2n) is 7.24. The van der Waals surface area contributed by atoms with E-state index < -0.39 is 6.23 Å². The highest BCUT2D eigenvalue weighted by molar-refractivity contribution is 5.87. The van der Waals surface area contributed by atoms with E-state index in [-0.39, 0.29) is 17.7 Å². The Labute approximate surface area is 147 Å². The van der Waals surface area contributed by atoms with Gasteiger partial charge in [0.2, 0.25) is 0 Å². The van der Waals surface area contributed by atoms with Crippen LogP contribution in [-0.4, -0.2) is 39.6 Å². The van der Waals surface area contributed by atoms with E-state index >= 15 is 0 Å². The molecular formula is C20H24N2O3. The van der Waals surface area contributed by atoms with Crippen molar-refractivity contribution in [2.45, 2.75) is 38.5 Å². The average Bonchev–Trinajstić information content (AvgIpc) is 2.83. The van der Waals surface area contributed by atoms with E-state index in [4.69, 9.17) is 0 Å². The normalized spacial score (nSPS) is 27.2. The van der Waals surface area contributed by atoms with E-state index in [1.807, 2.05) is 29.7 Å². The molecule has 25 heavy (non-hydrogen) atoms. The number of carbonyl (C=O) groups is 1. The number of aliphatic hydroxyl groups is 1.